The average molecular weight is 831 g/mol. The Hall–Kier alpha value is -3.39. The monoisotopic (exact) mass is 830 g/mol. The molecule has 8 saturated heterocycles. The molecule has 10 atom stereocenters. The van der Waals surface area contributed by atoms with Gasteiger partial charge in [-0.1, -0.05) is 41.5 Å². The molecule has 1 aliphatic carbocycles. The third-order valence-corrected chi connectivity index (χ3v) is 21.3. The molecule has 10 aliphatic rings. The van der Waals surface area contributed by atoms with Crippen LogP contribution in [0.4, 0.5) is 19.3 Å². The number of aliphatic hydroxyl groups is 1. The van der Waals surface area contributed by atoms with Gasteiger partial charge in [-0.05, 0) is 87.9 Å². The number of halogens is 2. The van der Waals surface area contributed by atoms with Gasteiger partial charge in [0.2, 0.25) is 9.74 Å². The van der Waals surface area contributed by atoms with E-state index >= 15 is 23.2 Å². The van der Waals surface area contributed by atoms with Crippen molar-refractivity contribution in [1.82, 2.24) is 24.5 Å². The largest absolute Gasteiger partial charge is 0.441 e. The lowest BCUT2D eigenvalue weighted by atomic mass is 9.51. The summed E-state index contributed by atoms with van der Waals surface area (Å²) in [5.74, 6) is -3.40. The molecule has 4 bridgehead atoms. The van der Waals surface area contributed by atoms with Crippen molar-refractivity contribution in [2.45, 2.75) is 87.8 Å². The Morgan fingerprint density at radius 1 is 0.836 bits per heavy atom. The van der Waals surface area contributed by atoms with Crippen LogP contribution in [-0.4, -0.2) is 131 Å². The number of piperazine rings is 2. The Bertz CT molecular complexity index is 2220. The average Bonchev–Trinajstić information content (AvgIpc) is 3.81. The van der Waals surface area contributed by atoms with E-state index in [1.54, 1.807) is 19.9 Å². The number of rotatable bonds is 4. The lowest BCUT2D eigenvalue weighted by Crippen LogP contribution is -2.78. The molecule has 0 aromatic heterocycles. The fraction of sp³-hybridized carbons (Fsp3) is 0.528. The van der Waals surface area contributed by atoms with Gasteiger partial charge < -0.3 is 34.8 Å². The van der Waals surface area contributed by atoms with Crippen LogP contribution in [0.1, 0.15) is 43.4 Å². The predicted molar refractivity (Wildman–Crippen MR) is 202 cm³/mol. The second-order valence-electron chi connectivity index (χ2n) is 15.6. The molecular weight excluding hydrogens is 795 g/mol. The van der Waals surface area contributed by atoms with Gasteiger partial charge in [0, 0.05) is 33.9 Å². The standard InChI is InChI=1S/C36H36F2N6O7S4/c1-7-31-26(46)43-22-13-16-9-10-17(37)14-19(16)33(22,23(45)35(43,54-52-31)28(48)41(31)5)34-20-15-18(38)11-12-21(20)39-25(34)44-27(47)32(8-2)42(6)29(49)36(44,55-53-32)24(34)51-30(50)40(3)4/h9-12,14-15,22-25,39,45H,7-8,13H2,1-6H3/t22-,23-,24-,25+,31-,32-,33-,34+,35-,36-/m0/s1. The number of anilines is 1. The van der Waals surface area contributed by atoms with Gasteiger partial charge in [0.25, 0.3) is 23.6 Å². The van der Waals surface area contributed by atoms with Crippen LogP contribution in [0.25, 0.3) is 0 Å². The number of hydrogen-bond acceptors (Lipinski definition) is 12. The van der Waals surface area contributed by atoms with E-state index < -0.39 is 96.1 Å². The molecule has 2 N–H and O–H groups in total. The van der Waals surface area contributed by atoms with Crippen molar-refractivity contribution in [2.24, 2.45) is 0 Å². The van der Waals surface area contributed by atoms with E-state index in [1.807, 2.05) is 0 Å². The molecule has 9 heterocycles. The summed E-state index contributed by atoms with van der Waals surface area (Å²) in [6.45, 7) is 3.59. The number of likely N-dealkylation sites (N-methyl/N-ethyl adjacent to an activating group) is 2. The molecule has 55 heavy (non-hydrogen) atoms. The first-order valence-electron chi connectivity index (χ1n) is 17.9. The van der Waals surface area contributed by atoms with Gasteiger partial charge in [0.15, 0.2) is 15.8 Å². The Balaban J connectivity index is 1.39. The molecule has 290 valence electrons. The van der Waals surface area contributed by atoms with E-state index in [0.29, 0.717) is 11.3 Å². The van der Waals surface area contributed by atoms with Crippen molar-refractivity contribution in [3.63, 3.8) is 0 Å². The van der Waals surface area contributed by atoms with Crippen LogP contribution in [0.5, 0.6) is 0 Å². The molecule has 2 aromatic carbocycles. The van der Waals surface area contributed by atoms with Gasteiger partial charge in [-0.3, -0.25) is 24.1 Å². The molecule has 0 saturated carbocycles. The summed E-state index contributed by atoms with van der Waals surface area (Å²) >= 11 is 0. The number of carbonyl (C=O) groups excluding carboxylic acids is 5. The molecule has 19 heteroatoms. The number of benzene rings is 2. The first-order chi connectivity index (χ1) is 26.0. The fourth-order valence-electron chi connectivity index (χ4n) is 11.4. The van der Waals surface area contributed by atoms with Gasteiger partial charge >= 0.3 is 6.09 Å². The minimum atomic E-state index is -2.04. The number of carbonyl (C=O) groups is 5. The third-order valence-electron chi connectivity index (χ3n) is 13.7. The summed E-state index contributed by atoms with van der Waals surface area (Å²) in [6, 6.07) is 6.91. The maximum atomic E-state index is 16.0. The quantitative estimate of drug-likeness (QED) is 0.437. The highest BCUT2D eigenvalue weighted by Gasteiger charge is 2.93. The van der Waals surface area contributed by atoms with E-state index in [-0.39, 0.29) is 30.4 Å². The number of nitrogens with one attached hydrogen (secondary N) is 1. The molecule has 12 rings (SSSR count). The molecule has 2 spiro atoms. The topological polar surface area (TPSA) is 143 Å². The van der Waals surface area contributed by atoms with Crippen molar-refractivity contribution in [3.8, 4) is 0 Å². The van der Waals surface area contributed by atoms with Crippen LogP contribution >= 0.6 is 43.2 Å². The number of ether oxygens (including phenoxy) is 1. The SMILES string of the molecule is CC[C@@]12SS[C@]3(C(=O)N1C)[C@@H](O)[C@]1([C@@]45c6cc(F)ccc6N[C@@H]4N4C(=O)[C@]6(CC)SS[C@]4(C(=O)N6C)[C@H]5OC(=O)N(C)C)c4cc(F)ccc4C[C@@H]1N3C2=O. The van der Waals surface area contributed by atoms with E-state index in [9.17, 15) is 14.7 Å². The minimum absolute atomic E-state index is 0.0330. The van der Waals surface area contributed by atoms with Crippen LogP contribution in [0.3, 0.4) is 0 Å². The summed E-state index contributed by atoms with van der Waals surface area (Å²) in [5, 5.41) is 17.1. The Labute approximate surface area is 330 Å². The molecule has 0 radical (unpaired) electrons. The number of hydrogen-bond donors (Lipinski definition) is 2. The van der Waals surface area contributed by atoms with Crippen LogP contribution < -0.4 is 5.32 Å². The zero-order valence-corrected chi connectivity index (χ0v) is 33.7. The summed E-state index contributed by atoms with van der Waals surface area (Å²) in [5.41, 5.74) is -2.81. The Morgan fingerprint density at radius 3 is 2.02 bits per heavy atom. The van der Waals surface area contributed by atoms with Crippen LogP contribution in [-0.2, 0) is 41.2 Å². The third kappa shape index (κ3) is 3.40. The minimum Gasteiger partial charge on any atom is -0.441 e. The van der Waals surface area contributed by atoms with E-state index in [4.69, 9.17) is 4.74 Å². The fourth-order valence-corrected chi connectivity index (χ4v) is 19.3. The van der Waals surface area contributed by atoms with Gasteiger partial charge in [-0.25, -0.2) is 13.6 Å². The Morgan fingerprint density at radius 2 is 1.40 bits per heavy atom. The molecule has 0 unspecified atom stereocenters. The number of aliphatic hydroxyl groups excluding tert-OH is 1. The number of fused-ring (bicyclic) bond motifs is 11. The summed E-state index contributed by atoms with van der Waals surface area (Å²) in [7, 11) is 10.4. The Kier molecular flexibility index (Phi) is 7.04. The number of amides is 5. The molecular formula is C36H36F2N6O7S4. The zero-order chi connectivity index (χ0) is 39.2. The summed E-state index contributed by atoms with van der Waals surface area (Å²) in [4.78, 5) is 74.9. The molecule has 13 nitrogen and oxygen atoms in total. The maximum Gasteiger partial charge on any atom is 0.409 e. The van der Waals surface area contributed by atoms with Gasteiger partial charge in [-0.2, -0.15) is 0 Å². The van der Waals surface area contributed by atoms with Crippen molar-refractivity contribution in [2.75, 3.05) is 33.5 Å². The first-order valence-corrected chi connectivity index (χ1v) is 22.2. The van der Waals surface area contributed by atoms with E-state index in [2.05, 4.69) is 5.32 Å². The zero-order valence-electron chi connectivity index (χ0n) is 30.4. The second-order valence-corrected chi connectivity index (χ2v) is 20.9. The molecule has 8 fully saturated rings. The highest BCUT2D eigenvalue weighted by Crippen LogP contribution is 2.79. The summed E-state index contributed by atoms with van der Waals surface area (Å²) in [6.07, 6.45) is -5.33. The smallest absolute Gasteiger partial charge is 0.409 e. The van der Waals surface area contributed by atoms with E-state index in [0.717, 1.165) is 26.5 Å². The predicted octanol–water partition coefficient (Wildman–Crippen LogP) is 3.27. The first kappa shape index (κ1) is 36.0. The lowest BCUT2D eigenvalue weighted by molar-refractivity contribution is -0.168. The van der Waals surface area contributed by atoms with Crippen LogP contribution in [0.15, 0.2) is 36.4 Å². The maximum absolute atomic E-state index is 16.0. The van der Waals surface area contributed by atoms with Gasteiger partial charge in [0.05, 0.1) is 16.9 Å². The van der Waals surface area contributed by atoms with Crippen molar-refractivity contribution < 1.29 is 42.6 Å². The summed E-state index contributed by atoms with van der Waals surface area (Å²) < 4.78 is 38.6. The van der Waals surface area contributed by atoms with Crippen molar-refractivity contribution in [3.05, 3.63) is 64.7 Å². The molecule has 9 aliphatic heterocycles. The van der Waals surface area contributed by atoms with Gasteiger partial charge in [0.1, 0.15) is 23.9 Å². The number of nitrogens with zero attached hydrogens (tertiary/aromatic N) is 5. The lowest BCUT2D eigenvalue weighted by Gasteiger charge is -2.59. The highest BCUT2D eigenvalue weighted by molar-refractivity contribution is 8.78. The van der Waals surface area contributed by atoms with E-state index in [1.165, 1.54) is 99.7 Å². The van der Waals surface area contributed by atoms with Crippen molar-refractivity contribution >= 4 is 78.6 Å². The second kappa shape index (κ2) is 10.8. The van der Waals surface area contributed by atoms with Gasteiger partial charge in [-0.15, -0.1) is 0 Å². The highest BCUT2D eigenvalue weighted by atomic mass is 33.1. The molecule has 2 aromatic rings. The normalized spacial score (nSPS) is 41.3. The van der Waals surface area contributed by atoms with Crippen LogP contribution in [0, 0.1) is 11.6 Å². The van der Waals surface area contributed by atoms with Crippen molar-refractivity contribution in [1.29, 1.82) is 0 Å². The molecule has 5 amide bonds. The van der Waals surface area contributed by atoms with Crippen LogP contribution in [0.2, 0.25) is 0 Å².